The van der Waals surface area contributed by atoms with Crippen LogP contribution in [-0.2, 0) is 28.7 Å². The van der Waals surface area contributed by atoms with E-state index in [-0.39, 0.29) is 36.1 Å². The van der Waals surface area contributed by atoms with Crippen molar-refractivity contribution in [2.45, 2.75) is 18.7 Å². The molecule has 1 spiro atoms. The Kier molecular flexibility index (Phi) is 8.37. The molecule has 0 atom stereocenters. The summed E-state index contributed by atoms with van der Waals surface area (Å²) in [5.74, 6) is 0.0136. The fraction of sp³-hybridized carbons (Fsp3) is 0.205. The van der Waals surface area contributed by atoms with E-state index in [4.69, 9.17) is 15.2 Å². The smallest absolute Gasteiger partial charge is 0.269 e. The summed E-state index contributed by atoms with van der Waals surface area (Å²) in [4.78, 5) is 47.2. The van der Waals surface area contributed by atoms with Crippen molar-refractivity contribution < 1.29 is 27.5 Å². The second-order valence-corrected chi connectivity index (χ2v) is 15.7. The van der Waals surface area contributed by atoms with Crippen molar-refractivity contribution in [1.82, 2.24) is 29.6 Å². The standard InChI is InChI=1S/C39H37N9O6S/c1-46(2)25-11-14-28-31(17-25)54-32-18-26(47(3)4)12-15-29(32)39(28)30-16-24(10-13-27(30)37(50)48(39)55(5,51)52)35(49)41-19-22-6-8-23(9-7-22)20-53-36-33-34(43-21-42-33)44-38(40)45-36/h6-18,21H,19-20H2,1-5H3,(H,41,49)(H3,40,42,43,44,45). The van der Waals surface area contributed by atoms with Crippen LogP contribution < -0.4 is 30.3 Å². The van der Waals surface area contributed by atoms with E-state index >= 15 is 0 Å². The van der Waals surface area contributed by atoms with Gasteiger partial charge < -0.3 is 35.3 Å². The topological polar surface area (TPSA) is 189 Å². The molecule has 4 N–H and O–H groups in total. The van der Waals surface area contributed by atoms with E-state index in [9.17, 15) is 18.0 Å². The highest BCUT2D eigenvalue weighted by atomic mass is 32.2. The fourth-order valence-electron chi connectivity index (χ4n) is 7.18. The zero-order valence-corrected chi connectivity index (χ0v) is 31.4. The van der Waals surface area contributed by atoms with E-state index in [1.807, 2.05) is 86.5 Å². The molecular formula is C39H37N9O6S. The summed E-state index contributed by atoms with van der Waals surface area (Å²) in [7, 11) is 3.36. The van der Waals surface area contributed by atoms with Crippen molar-refractivity contribution in [2.24, 2.45) is 0 Å². The molecule has 2 aromatic heterocycles. The second-order valence-electron chi connectivity index (χ2n) is 13.8. The third kappa shape index (κ3) is 5.90. The maximum atomic E-state index is 14.3. The summed E-state index contributed by atoms with van der Waals surface area (Å²) in [5.41, 5.74) is 10.1. The van der Waals surface area contributed by atoms with E-state index in [1.54, 1.807) is 18.2 Å². The Morgan fingerprint density at radius 2 is 1.53 bits per heavy atom. The number of aromatic nitrogens is 4. The van der Waals surface area contributed by atoms with Gasteiger partial charge in [0.05, 0.1) is 12.6 Å². The molecule has 2 aliphatic heterocycles. The maximum absolute atomic E-state index is 14.3. The molecule has 2 amide bonds. The first-order valence-electron chi connectivity index (χ1n) is 17.2. The number of imidazole rings is 1. The molecular weight excluding hydrogens is 723 g/mol. The Labute approximate surface area is 316 Å². The molecule has 0 bridgehead atoms. The first-order chi connectivity index (χ1) is 26.2. The summed E-state index contributed by atoms with van der Waals surface area (Å²) in [6, 6.07) is 23.1. The Morgan fingerprint density at radius 3 is 2.15 bits per heavy atom. The van der Waals surface area contributed by atoms with Crippen LogP contribution in [0.5, 0.6) is 17.4 Å². The number of nitrogens with two attached hydrogens (primary N) is 1. The molecule has 0 saturated heterocycles. The van der Waals surface area contributed by atoms with Gasteiger partial charge in [0.25, 0.3) is 11.8 Å². The van der Waals surface area contributed by atoms with Crippen LogP contribution in [0.15, 0.2) is 85.2 Å². The number of benzene rings is 4. The Balaban J connectivity index is 1.12. The molecule has 280 valence electrons. The van der Waals surface area contributed by atoms with Gasteiger partial charge in [-0.3, -0.25) is 9.59 Å². The van der Waals surface area contributed by atoms with Gasteiger partial charge in [0.15, 0.2) is 11.2 Å². The van der Waals surface area contributed by atoms with Gasteiger partial charge >= 0.3 is 0 Å². The van der Waals surface area contributed by atoms with Crippen LogP contribution in [0.1, 0.15) is 48.5 Å². The molecule has 2 aliphatic rings. The number of aromatic amines is 1. The monoisotopic (exact) mass is 759 g/mol. The highest BCUT2D eigenvalue weighted by molar-refractivity contribution is 7.89. The summed E-state index contributed by atoms with van der Waals surface area (Å²) in [6.45, 7) is 0.405. The highest BCUT2D eigenvalue weighted by Gasteiger charge is 2.60. The van der Waals surface area contributed by atoms with Crippen molar-refractivity contribution >= 4 is 50.3 Å². The second kappa shape index (κ2) is 13.0. The van der Waals surface area contributed by atoms with Crippen molar-refractivity contribution in [3.05, 3.63) is 124 Å². The molecule has 55 heavy (non-hydrogen) atoms. The average molecular weight is 760 g/mol. The third-order valence-corrected chi connectivity index (χ3v) is 10.9. The van der Waals surface area contributed by atoms with Gasteiger partial charge in [-0.15, -0.1) is 0 Å². The van der Waals surface area contributed by atoms with Crippen molar-refractivity contribution in [2.75, 3.05) is 50.0 Å². The molecule has 0 aliphatic carbocycles. The summed E-state index contributed by atoms with van der Waals surface area (Å²) in [6.07, 6.45) is 2.51. The quantitative estimate of drug-likeness (QED) is 0.189. The number of carbonyl (C=O) groups excluding carboxylic acids is 2. The van der Waals surface area contributed by atoms with Crippen LogP contribution in [-0.4, -0.2) is 78.9 Å². The lowest BCUT2D eigenvalue weighted by Gasteiger charge is -2.43. The minimum absolute atomic E-state index is 0.0651. The number of nitrogen functional groups attached to an aromatic ring is 1. The van der Waals surface area contributed by atoms with Crippen LogP contribution in [0, 0.1) is 0 Å². The van der Waals surface area contributed by atoms with Crippen molar-refractivity contribution in [1.29, 1.82) is 0 Å². The predicted octanol–water partition coefficient (Wildman–Crippen LogP) is 4.39. The number of fused-ring (bicyclic) bond motifs is 7. The number of rotatable bonds is 9. The van der Waals surface area contributed by atoms with E-state index < -0.39 is 27.4 Å². The minimum atomic E-state index is -4.20. The van der Waals surface area contributed by atoms with Crippen LogP contribution in [0.3, 0.4) is 0 Å². The van der Waals surface area contributed by atoms with E-state index in [0.29, 0.717) is 39.4 Å². The number of hydrogen-bond acceptors (Lipinski definition) is 12. The highest BCUT2D eigenvalue weighted by Crippen LogP contribution is 2.59. The van der Waals surface area contributed by atoms with Crippen LogP contribution in [0.2, 0.25) is 0 Å². The van der Waals surface area contributed by atoms with Gasteiger partial charge in [-0.1, -0.05) is 36.4 Å². The number of amides is 2. The summed E-state index contributed by atoms with van der Waals surface area (Å²) >= 11 is 0. The largest absolute Gasteiger partial charge is 0.471 e. The number of nitrogens with one attached hydrogen (secondary N) is 2. The molecule has 15 nitrogen and oxygen atoms in total. The van der Waals surface area contributed by atoms with Crippen LogP contribution >= 0.6 is 0 Å². The summed E-state index contributed by atoms with van der Waals surface area (Å²) in [5, 5.41) is 2.96. The molecule has 16 heteroatoms. The number of carbonyl (C=O) groups is 2. The Hall–Kier alpha value is -6.68. The molecule has 6 aromatic rings. The summed E-state index contributed by atoms with van der Waals surface area (Å²) < 4.78 is 40.8. The molecule has 8 rings (SSSR count). The SMILES string of the molecule is CN(C)c1ccc2c(c1)Oc1cc(N(C)C)ccc1C21c2cc(C(=O)NCc3ccc(COc4nc(N)nc5[nH]cnc45)cc3)ccc2C(=O)N1S(C)(=O)=O. The van der Waals surface area contributed by atoms with Crippen molar-refractivity contribution in [3.8, 4) is 17.4 Å². The lowest BCUT2D eigenvalue weighted by Crippen LogP contribution is -2.50. The van der Waals surface area contributed by atoms with Crippen LogP contribution in [0.25, 0.3) is 11.2 Å². The van der Waals surface area contributed by atoms with E-state index in [1.165, 1.54) is 18.5 Å². The molecule has 0 unspecified atom stereocenters. The average Bonchev–Trinajstić information content (AvgIpc) is 3.73. The van der Waals surface area contributed by atoms with Gasteiger partial charge in [0.2, 0.25) is 21.9 Å². The number of nitrogens with zero attached hydrogens (tertiary/aromatic N) is 6. The zero-order valence-electron chi connectivity index (χ0n) is 30.6. The molecule has 0 fully saturated rings. The molecule has 0 saturated carbocycles. The normalized spacial score (nSPS) is 13.9. The zero-order chi connectivity index (χ0) is 38.8. The Bertz CT molecular complexity index is 2580. The lowest BCUT2D eigenvalue weighted by atomic mass is 9.75. The number of H-pyrrole nitrogens is 1. The van der Waals surface area contributed by atoms with Gasteiger partial charge in [0, 0.05) is 86.1 Å². The molecule has 4 aromatic carbocycles. The molecule has 4 heterocycles. The first kappa shape index (κ1) is 35.4. The van der Waals surface area contributed by atoms with Crippen LogP contribution in [0.4, 0.5) is 17.3 Å². The fourth-order valence-corrected chi connectivity index (χ4v) is 8.37. The van der Waals surface area contributed by atoms with E-state index in [0.717, 1.165) is 33.1 Å². The number of anilines is 3. The van der Waals surface area contributed by atoms with Gasteiger partial charge in [-0.2, -0.15) is 9.97 Å². The van der Waals surface area contributed by atoms with Crippen molar-refractivity contribution in [3.63, 3.8) is 0 Å². The first-order valence-corrected chi connectivity index (χ1v) is 19.1. The van der Waals surface area contributed by atoms with E-state index in [2.05, 4.69) is 25.3 Å². The Morgan fingerprint density at radius 1 is 0.891 bits per heavy atom. The number of hydrogen-bond donors (Lipinski definition) is 3. The number of sulfonamides is 1. The van der Waals surface area contributed by atoms with Gasteiger partial charge in [-0.25, -0.2) is 17.7 Å². The number of ether oxygens (including phenoxy) is 2. The van der Waals surface area contributed by atoms with Gasteiger partial charge in [0.1, 0.15) is 23.6 Å². The minimum Gasteiger partial charge on any atom is -0.471 e. The predicted molar refractivity (Wildman–Crippen MR) is 207 cm³/mol. The van der Waals surface area contributed by atoms with Gasteiger partial charge in [-0.05, 0) is 41.5 Å². The lowest BCUT2D eigenvalue weighted by molar-refractivity contribution is 0.0826. The third-order valence-electron chi connectivity index (χ3n) is 9.80. The maximum Gasteiger partial charge on any atom is 0.269 e. The molecule has 0 radical (unpaired) electrons.